The number of hydrogen-bond donors (Lipinski definition) is 1. The first kappa shape index (κ1) is 14.6. The molecular formula is C15H11ClN6O2. The highest BCUT2D eigenvalue weighted by atomic mass is 35.5. The zero-order chi connectivity index (χ0) is 16.7. The van der Waals surface area contributed by atoms with Crippen LogP contribution in [0, 0.1) is 0 Å². The summed E-state index contributed by atoms with van der Waals surface area (Å²) in [5.41, 5.74) is 15.7. The molecule has 0 unspecified atom stereocenters. The molecule has 9 heteroatoms. The summed E-state index contributed by atoms with van der Waals surface area (Å²) >= 11 is 6.08. The maximum atomic E-state index is 8.70. The Balaban J connectivity index is 2.03. The van der Waals surface area contributed by atoms with E-state index in [4.69, 9.17) is 32.3 Å². The number of aromatic nitrogens is 1. The highest BCUT2D eigenvalue weighted by Crippen LogP contribution is 2.52. The molecule has 2 N–H and O–H groups in total. The van der Waals surface area contributed by atoms with Gasteiger partial charge in [-0.2, -0.15) is 0 Å². The molecule has 1 aromatic heterocycles. The predicted octanol–water partition coefficient (Wildman–Crippen LogP) is 3.76. The van der Waals surface area contributed by atoms with E-state index in [2.05, 4.69) is 20.0 Å². The van der Waals surface area contributed by atoms with Crippen LogP contribution in [-0.2, 0) is 10.3 Å². The van der Waals surface area contributed by atoms with E-state index < -0.39 is 5.54 Å². The molecule has 0 aliphatic carbocycles. The first-order valence-electron chi connectivity index (χ1n) is 7.14. The topological polar surface area (TPSA) is 118 Å². The van der Waals surface area contributed by atoms with Crippen LogP contribution in [0.2, 0.25) is 5.15 Å². The SMILES string of the molecule is [N-]=[N+]=Nc1ccc2c(c1)[C@@]1(CCOC(N)=N1)c1cc(Cl)ncc1O2. The maximum absolute atomic E-state index is 8.70. The van der Waals surface area contributed by atoms with Crippen molar-refractivity contribution in [2.24, 2.45) is 15.8 Å². The fourth-order valence-corrected chi connectivity index (χ4v) is 3.26. The molecule has 2 aliphatic heterocycles. The number of nitrogens with two attached hydrogens (primary N) is 1. The second-order valence-electron chi connectivity index (χ2n) is 5.38. The molecule has 1 atom stereocenters. The number of pyridine rings is 1. The molecule has 0 fully saturated rings. The van der Waals surface area contributed by atoms with E-state index in [1.165, 1.54) is 0 Å². The minimum atomic E-state index is -0.821. The number of hydrogen-bond acceptors (Lipinski definition) is 6. The van der Waals surface area contributed by atoms with E-state index in [9.17, 15) is 0 Å². The quantitative estimate of drug-likeness (QED) is 0.367. The molecule has 120 valence electrons. The standard InChI is InChI=1S/C15H11ClN6O2/c16-13-6-10-12(7-19-13)24-11-2-1-8(21-22-18)5-9(11)15(10)3-4-23-14(17)20-15/h1-2,5-7H,3-4H2,(H2,17,20)/t15-/m0/s1. The average molecular weight is 343 g/mol. The Morgan fingerprint density at radius 1 is 1.29 bits per heavy atom. The van der Waals surface area contributed by atoms with E-state index in [1.807, 2.05) is 0 Å². The van der Waals surface area contributed by atoms with Gasteiger partial charge >= 0.3 is 0 Å². The van der Waals surface area contributed by atoms with Crippen molar-refractivity contribution in [1.29, 1.82) is 0 Å². The van der Waals surface area contributed by atoms with Crippen LogP contribution in [0.4, 0.5) is 5.69 Å². The molecule has 0 saturated heterocycles. The third kappa shape index (κ3) is 2.12. The summed E-state index contributed by atoms with van der Waals surface area (Å²) < 4.78 is 11.2. The summed E-state index contributed by atoms with van der Waals surface area (Å²) in [5, 5.41) is 3.99. The van der Waals surface area contributed by atoms with Crippen LogP contribution in [0.15, 0.2) is 40.6 Å². The van der Waals surface area contributed by atoms with Gasteiger partial charge in [-0.3, -0.25) is 0 Å². The molecule has 24 heavy (non-hydrogen) atoms. The first-order chi connectivity index (χ1) is 11.6. The normalized spacial score (nSPS) is 20.8. The van der Waals surface area contributed by atoms with Gasteiger partial charge in [0.2, 0.25) is 0 Å². The smallest absolute Gasteiger partial charge is 0.283 e. The second-order valence-corrected chi connectivity index (χ2v) is 5.77. The van der Waals surface area contributed by atoms with E-state index in [0.717, 1.165) is 11.1 Å². The lowest BCUT2D eigenvalue weighted by molar-refractivity contribution is 0.219. The Labute approximate surface area is 141 Å². The molecule has 8 nitrogen and oxygen atoms in total. The summed E-state index contributed by atoms with van der Waals surface area (Å²) in [4.78, 5) is 11.5. The lowest BCUT2D eigenvalue weighted by Gasteiger charge is -2.39. The number of nitrogens with zero attached hydrogens (tertiary/aromatic N) is 5. The molecule has 0 bridgehead atoms. The number of fused-ring (bicyclic) bond motifs is 4. The van der Waals surface area contributed by atoms with E-state index in [1.54, 1.807) is 30.5 Å². The van der Waals surface area contributed by atoms with Crippen LogP contribution in [0.3, 0.4) is 0 Å². The Kier molecular flexibility index (Phi) is 3.23. The van der Waals surface area contributed by atoms with Gasteiger partial charge < -0.3 is 15.2 Å². The Morgan fingerprint density at radius 2 is 2.12 bits per heavy atom. The minimum Gasteiger partial charge on any atom is -0.465 e. The highest BCUT2D eigenvalue weighted by molar-refractivity contribution is 6.29. The van der Waals surface area contributed by atoms with Crippen molar-refractivity contribution >= 4 is 23.3 Å². The molecular weight excluding hydrogens is 332 g/mol. The van der Waals surface area contributed by atoms with E-state index in [-0.39, 0.29) is 6.02 Å². The van der Waals surface area contributed by atoms with Crippen LogP contribution in [0.25, 0.3) is 10.4 Å². The van der Waals surface area contributed by atoms with Crippen LogP contribution in [0.1, 0.15) is 17.5 Å². The number of rotatable bonds is 1. The van der Waals surface area contributed by atoms with Gasteiger partial charge in [0.05, 0.1) is 12.8 Å². The van der Waals surface area contributed by atoms with Crippen molar-refractivity contribution in [2.45, 2.75) is 12.0 Å². The summed E-state index contributed by atoms with van der Waals surface area (Å²) in [5.74, 6) is 1.16. The fourth-order valence-electron chi connectivity index (χ4n) is 3.10. The van der Waals surface area contributed by atoms with Crippen molar-refractivity contribution in [3.63, 3.8) is 0 Å². The van der Waals surface area contributed by atoms with Gasteiger partial charge in [-0.25, -0.2) is 9.98 Å². The maximum Gasteiger partial charge on any atom is 0.283 e. The summed E-state index contributed by atoms with van der Waals surface area (Å²) in [6.45, 7) is 0.389. The number of halogens is 1. The van der Waals surface area contributed by atoms with Crippen molar-refractivity contribution in [1.82, 2.24) is 4.98 Å². The Bertz CT molecular complexity index is 924. The van der Waals surface area contributed by atoms with Crippen LogP contribution in [0.5, 0.6) is 11.5 Å². The molecule has 2 aromatic rings. The molecule has 3 heterocycles. The summed E-state index contributed by atoms with van der Waals surface area (Å²) in [7, 11) is 0. The van der Waals surface area contributed by atoms with Crippen molar-refractivity contribution in [3.05, 3.63) is 57.2 Å². The monoisotopic (exact) mass is 342 g/mol. The molecule has 1 aromatic carbocycles. The van der Waals surface area contributed by atoms with Crippen LogP contribution >= 0.6 is 11.6 Å². The van der Waals surface area contributed by atoms with E-state index >= 15 is 0 Å². The van der Waals surface area contributed by atoms with Crippen molar-refractivity contribution < 1.29 is 9.47 Å². The van der Waals surface area contributed by atoms with Gasteiger partial charge in [0.25, 0.3) is 6.02 Å². The molecule has 1 spiro atoms. The molecule has 2 aliphatic rings. The zero-order valence-electron chi connectivity index (χ0n) is 12.3. The van der Waals surface area contributed by atoms with Gasteiger partial charge in [0.15, 0.2) is 5.75 Å². The van der Waals surface area contributed by atoms with Crippen molar-refractivity contribution in [2.75, 3.05) is 6.61 Å². The number of benzene rings is 1. The number of ether oxygens (including phenoxy) is 2. The summed E-state index contributed by atoms with van der Waals surface area (Å²) in [6.07, 6.45) is 2.10. The lowest BCUT2D eigenvalue weighted by atomic mass is 9.78. The fraction of sp³-hybridized carbons (Fsp3) is 0.200. The number of aliphatic imine (C=N–C) groups is 1. The molecule has 0 saturated carbocycles. The second kappa shape index (κ2) is 5.30. The van der Waals surface area contributed by atoms with Gasteiger partial charge in [0, 0.05) is 28.1 Å². The minimum absolute atomic E-state index is 0.0853. The lowest BCUT2D eigenvalue weighted by Crippen LogP contribution is -2.38. The number of amidine groups is 1. The molecule has 4 rings (SSSR count). The van der Waals surface area contributed by atoms with Gasteiger partial charge in [-0.05, 0) is 29.8 Å². The number of azide groups is 1. The largest absolute Gasteiger partial charge is 0.465 e. The first-order valence-corrected chi connectivity index (χ1v) is 7.52. The van der Waals surface area contributed by atoms with Gasteiger partial charge in [0.1, 0.15) is 16.4 Å². The predicted molar refractivity (Wildman–Crippen MR) is 87.5 cm³/mol. The Hall–Kier alpha value is -2.96. The third-order valence-electron chi connectivity index (χ3n) is 4.08. The Morgan fingerprint density at radius 3 is 2.92 bits per heavy atom. The van der Waals surface area contributed by atoms with Gasteiger partial charge in [-0.15, -0.1) is 0 Å². The third-order valence-corrected chi connectivity index (χ3v) is 4.29. The van der Waals surface area contributed by atoms with E-state index in [0.29, 0.717) is 35.4 Å². The van der Waals surface area contributed by atoms with Crippen LogP contribution < -0.4 is 10.5 Å². The van der Waals surface area contributed by atoms with Gasteiger partial charge in [-0.1, -0.05) is 16.7 Å². The van der Waals surface area contributed by atoms with Crippen LogP contribution in [-0.4, -0.2) is 17.6 Å². The zero-order valence-corrected chi connectivity index (χ0v) is 13.1. The van der Waals surface area contributed by atoms with Crippen molar-refractivity contribution in [3.8, 4) is 11.5 Å². The summed E-state index contributed by atoms with van der Waals surface area (Å²) in [6, 6.07) is 6.95. The molecule has 0 amide bonds. The highest BCUT2D eigenvalue weighted by Gasteiger charge is 2.45. The average Bonchev–Trinajstić information content (AvgIpc) is 2.57. The molecule has 0 radical (unpaired) electrons.